The van der Waals surface area contributed by atoms with Crippen molar-refractivity contribution in [3.63, 3.8) is 0 Å². The molecule has 0 amide bonds. The van der Waals surface area contributed by atoms with Gasteiger partial charge in [0.15, 0.2) is 6.35 Å². The van der Waals surface area contributed by atoms with Crippen LogP contribution in [0.3, 0.4) is 0 Å². The van der Waals surface area contributed by atoms with Crippen molar-refractivity contribution < 1.29 is 14.2 Å². The van der Waals surface area contributed by atoms with E-state index in [0.29, 0.717) is 11.8 Å². The van der Waals surface area contributed by atoms with Gasteiger partial charge in [0.2, 0.25) is 7.37 Å². The molecule has 0 bridgehead atoms. The fourth-order valence-corrected chi connectivity index (χ4v) is 2.66. The van der Waals surface area contributed by atoms with Gasteiger partial charge in [0, 0.05) is 25.8 Å². The van der Waals surface area contributed by atoms with E-state index >= 15 is 0 Å². The van der Waals surface area contributed by atoms with Crippen molar-refractivity contribution in [3.8, 4) is 5.75 Å². The third-order valence-corrected chi connectivity index (χ3v) is 4.03. The van der Waals surface area contributed by atoms with Gasteiger partial charge in [-0.2, -0.15) is 0 Å². The molecule has 1 aliphatic heterocycles. The monoisotopic (exact) mass is 283 g/mol. The Hall–Kier alpha value is -0.830. The minimum absolute atomic E-state index is 0.121. The van der Waals surface area contributed by atoms with Gasteiger partial charge in [0.25, 0.3) is 0 Å². The number of nitrogens with zero attached hydrogens (tertiary/aromatic N) is 1. The number of rotatable bonds is 4. The summed E-state index contributed by atoms with van der Waals surface area (Å²) >= 11 is 0. The predicted molar refractivity (Wildman–Crippen MR) is 76.9 cm³/mol. The zero-order valence-electron chi connectivity index (χ0n) is 11.8. The molecular weight excluding hydrogens is 261 g/mol. The second-order valence-electron chi connectivity index (χ2n) is 5.57. The highest BCUT2D eigenvalue weighted by Crippen LogP contribution is 2.35. The molecule has 1 N–H and O–H groups in total. The minimum atomic E-state index is -3.11. The normalized spacial score (nSPS) is 19.0. The summed E-state index contributed by atoms with van der Waals surface area (Å²) in [6.45, 7) is 7.76. The number of ether oxygens (including phenoxy) is 1. The molecule has 0 saturated carbocycles. The predicted octanol–water partition coefficient (Wildman–Crippen LogP) is 2.69. The first kappa shape index (κ1) is 14.6. The smallest absolute Gasteiger partial charge is 0.233 e. The average Bonchev–Trinajstić information content (AvgIpc) is 2.34. The fraction of sp³-hybridized carbons (Fsp3) is 0.571. The van der Waals surface area contributed by atoms with E-state index in [-0.39, 0.29) is 6.35 Å². The van der Waals surface area contributed by atoms with Crippen LogP contribution < -0.4 is 4.74 Å². The molecule has 0 radical (unpaired) electrons. The Morgan fingerprint density at radius 2 is 2.16 bits per heavy atom. The van der Waals surface area contributed by atoms with Crippen molar-refractivity contribution in [3.05, 3.63) is 29.3 Å². The van der Waals surface area contributed by atoms with Crippen LogP contribution in [0.25, 0.3) is 0 Å². The lowest BCUT2D eigenvalue weighted by Gasteiger charge is -2.32. The van der Waals surface area contributed by atoms with Crippen LogP contribution in [0.15, 0.2) is 18.2 Å². The molecule has 1 aromatic carbocycles. The molecule has 0 spiro atoms. The van der Waals surface area contributed by atoms with Crippen molar-refractivity contribution in [2.24, 2.45) is 0 Å². The van der Waals surface area contributed by atoms with E-state index in [0.717, 1.165) is 19.5 Å². The second kappa shape index (κ2) is 5.66. The van der Waals surface area contributed by atoms with Crippen molar-refractivity contribution in [2.75, 3.05) is 19.6 Å². The first-order valence-corrected chi connectivity index (χ1v) is 8.92. The Morgan fingerprint density at radius 3 is 2.79 bits per heavy atom. The number of fused-ring (bicyclic) bond motifs is 1. The third kappa shape index (κ3) is 4.07. The zero-order chi connectivity index (χ0) is 14.0. The maximum atomic E-state index is 11.2. The highest BCUT2D eigenvalue weighted by molar-refractivity contribution is 7.56. The molecular formula is C14H22NO3P. The van der Waals surface area contributed by atoms with Crippen molar-refractivity contribution in [1.29, 1.82) is 0 Å². The van der Waals surface area contributed by atoms with Gasteiger partial charge < -0.3 is 9.63 Å². The first-order valence-electron chi connectivity index (χ1n) is 6.63. The molecule has 1 aliphatic rings. The summed E-state index contributed by atoms with van der Waals surface area (Å²) in [5.41, 5.74) is 2.62. The van der Waals surface area contributed by atoms with Crippen LogP contribution in [-0.4, -0.2) is 35.4 Å². The lowest BCUT2D eigenvalue weighted by Crippen LogP contribution is -2.35. The summed E-state index contributed by atoms with van der Waals surface area (Å²) in [4.78, 5) is 11.7. The van der Waals surface area contributed by atoms with E-state index in [1.807, 2.05) is 12.1 Å². The maximum absolute atomic E-state index is 11.2. The van der Waals surface area contributed by atoms with Crippen molar-refractivity contribution >= 4 is 7.37 Å². The molecule has 0 fully saturated rings. The summed E-state index contributed by atoms with van der Waals surface area (Å²) in [7, 11) is -3.11. The highest BCUT2D eigenvalue weighted by Gasteiger charge is 2.19. The first-order chi connectivity index (χ1) is 8.85. The van der Waals surface area contributed by atoms with E-state index in [2.05, 4.69) is 24.8 Å². The van der Waals surface area contributed by atoms with Gasteiger partial charge in [-0.1, -0.05) is 6.07 Å². The Bertz CT molecular complexity index is 495. The van der Waals surface area contributed by atoms with Gasteiger partial charge >= 0.3 is 0 Å². The van der Waals surface area contributed by atoms with Crippen LogP contribution in [0.2, 0.25) is 0 Å². The van der Waals surface area contributed by atoms with E-state index in [4.69, 9.17) is 4.74 Å². The Kier molecular flexibility index (Phi) is 4.34. The molecule has 0 saturated heterocycles. The SMILES string of the molecule is CC(C)N1CCc2cc(OCP(C)(=O)O)ccc2C1. The van der Waals surface area contributed by atoms with Gasteiger partial charge in [-0.3, -0.25) is 9.46 Å². The lowest BCUT2D eigenvalue weighted by atomic mass is 9.98. The molecule has 5 heteroatoms. The van der Waals surface area contributed by atoms with Crippen molar-refractivity contribution in [1.82, 2.24) is 4.90 Å². The zero-order valence-corrected chi connectivity index (χ0v) is 12.7. The lowest BCUT2D eigenvalue weighted by molar-refractivity contribution is 0.203. The van der Waals surface area contributed by atoms with E-state index in [9.17, 15) is 9.46 Å². The van der Waals surface area contributed by atoms with Crippen LogP contribution >= 0.6 is 7.37 Å². The summed E-state index contributed by atoms with van der Waals surface area (Å²) < 4.78 is 16.6. The third-order valence-electron chi connectivity index (χ3n) is 3.42. The van der Waals surface area contributed by atoms with E-state index < -0.39 is 7.37 Å². The Labute approximate surface area is 114 Å². The molecule has 1 heterocycles. The van der Waals surface area contributed by atoms with E-state index in [1.165, 1.54) is 17.8 Å². The molecule has 2 rings (SSSR count). The average molecular weight is 283 g/mol. The summed E-state index contributed by atoms with van der Waals surface area (Å²) in [5.74, 6) is 0.688. The summed E-state index contributed by atoms with van der Waals surface area (Å²) in [5, 5.41) is 0. The van der Waals surface area contributed by atoms with Gasteiger partial charge in [-0.05, 0) is 43.5 Å². The van der Waals surface area contributed by atoms with Gasteiger partial charge in [0.05, 0.1) is 0 Å². The maximum Gasteiger partial charge on any atom is 0.233 e. The van der Waals surface area contributed by atoms with Crippen LogP contribution in [-0.2, 0) is 17.5 Å². The Morgan fingerprint density at radius 1 is 1.42 bits per heavy atom. The molecule has 1 unspecified atom stereocenters. The molecule has 19 heavy (non-hydrogen) atoms. The van der Waals surface area contributed by atoms with E-state index in [1.54, 1.807) is 0 Å². The minimum Gasteiger partial charge on any atom is -0.484 e. The van der Waals surface area contributed by atoms with Crippen LogP contribution in [0.4, 0.5) is 0 Å². The molecule has 4 nitrogen and oxygen atoms in total. The van der Waals surface area contributed by atoms with Gasteiger partial charge in [-0.15, -0.1) is 0 Å². The summed E-state index contributed by atoms with van der Waals surface area (Å²) in [6, 6.07) is 6.52. The largest absolute Gasteiger partial charge is 0.484 e. The van der Waals surface area contributed by atoms with Crippen LogP contribution in [0.5, 0.6) is 5.75 Å². The number of benzene rings is 1. The number of hydrogen-bond acceptors (Lipinski definition) is 3. The molecule has 106 valence electrons. The van der Waals surface area contributed by atoms with Gasteiger partial charge in [0.1, 0.15) is 5.75 Å². The van der Waals surface area contributed by atoms with Crippen molar-refractivity contribution in [2.45, 2.75) is 32.9 Å². The second-order valence-corrected chi connectivity index (χ2v) is 7.93. The Balaban J connectivity index is 2.07. The molecule has 0 aliphatic carbocycles. The fourth-order valence-electron chi connectivity index (χ4n) is 2.28. The molecule has 1 aromatic rings. The van der Waals surface area contributed by atoms with Crippen LogP contribution in [0, 0.1) is 0 Å². The highest BCUT2D eigenvalue weighted by atomic mass is 31.2. The topological polar surface area (TPSA) is 49.8 Å². The quantitative estimate of drug-likeness (QED) is 0.863. The standard InChI is InChI=1S/C14H22NO3P/c1-11(2)15-7-6-12-8-14(5-4-13(12)9-15)18-10-19(3,16)17/h4-5,8,11H,6-7,9-10H2,1-3H3,(H,16,17). The summed E-state index contributed by atoms with van der Waals surface area (Å²) in [6.07, 6.45) is 0.886. The van der Waals surface area contributed by atoms with Gasteiger partial charge in [-0.25, -0.2) is 0 Å². The number of hydrogen-bond donors (Lipinski definition) is 1. The molecule has 1 atom stereocenters. The van der Waals surface area contributed by atoms with Crippen LogP contribution in [0.1, 0.15) is 25.0 Å². The molecule has 0 aromatic heterocycles.